The highest BCUT2D eigenvalue weighted by molar-refractivity contribution is 6.37. The van der Waals surface area contributed by atoms with Crippen LogP contribution in [0.4, 0.5) is 5.69 Å². The van der Waals surface area contributed by atoms with Gasteiger partial charge in [-0.1, -0.05) is 30.3 Å². The van der Waals surface area contributed by atoms with Gasteiger partial charge in [0.1, 0.15) is 12.4 Å². The first kappa shape index (κ1) is 16.7. The monoisotopic (exact) mass is 338 g/mol. The number of carbonyl (C=O) groups is 3. The second kappa shape index (κ2) is 7.17. The number of nitrogens with zero attached hydrogens (tertiary/aromatic N) is 1. The summed E-state index contributed by atoms with van der Waals surface area (Å²) in [7, 11) is 0. The molecule has 0 unspecified atom stereocenters. The van der Waals surface area contributed by atoms with E-state index in [0.717, 1.165) is 5.56 Å². The van der Waals surface area contributed by atoms with Crippen molar-refractivity contribution in [1.82, 2.24) is 0 Å². The molecule has 1 aliphatic heterocycles. The van der Waals surface area contributed by atoms with Crippen molar-refractivity contribution in [3.05, 3.63) is 60.2 Å². The number of ether oxygens (including phenoxy) is 1. The molecule has 1 atom stereocenters. The summed E-state index contributed by atoms with van der Waals surface area (Å²) in [5.41, 5.74) is 6.74. The number of rotatable bonds is 6. The van der Waals surface area contributed by atoms with Crippen LogP contribution in [0.3, 0.4) is 0 Å². The lowest BCUT2D eigenvalue weighted by Crippen LogP contribution is -2.32. The predicted octanol–water partition coefficient (Wildman–Crippen LogP) is 1.67. The molecule has 1 aliphatic rings. The zero-order valence-corrected chi connectivity index (χ0v) is 13.6. The largest absolute Gasteiger partial charge is 0.489 e. The van der Waals surface area contributed by atoms with Gasteiger partial charge in [0.2, 0.25) is 11.7 Å². The molecule has 128 valence electrons. The number of benzene rings is 2. The molecular weight excluding hydrogens is 320 g/mol. The van der Waals surface area contributed by atoms with Crippen molar-refractivity contribution in [2.24, 2.45) is 11.7 Å². The minimum absolute atomic E-state index is 0.00797. The van der Waals surface area contributed by atoms with Gasteiger partial charge in [-0.2, -0.15) is 0 Å². The molecule has 0 spiro atoms. The van der Waals surface area contributed by atoms with E-state index in [2.05, 4.69) is 0 Å². The average molecular weight is 338 g/mol. The smallest absolute Gasteiger partial charge is 0.285 e. The molecule has 1 fully saturated rings. The van der Waals surface area contributed by atoms with Crippen LogP contribution in [0.2, 0.25) is 0 Å². The standard InChI is InChI=1S/C19H18N2O4/c20-19(24)18(23)14-10-17(22)21(11-14)15-6-8-16(9-7-15)25-12-13-4-2-1-3-5-13/h1-9,14H,10-12H2,(H2,20,24)/t14-/m0/s1. The normalized spacial score (nSPS) is 16.7. The van der Waals surface area contributed by atoms with Crippen LogP contribution in [-0.4, -0.2) is 24.1 Å². The molecule has 0 aromatic heterocycles. The Kier molecular flexibility index (Phi) is 4.79. The van der Waals surface area contributed by atoms with Crippen LogP contribution < -0.4 is 15.4 Å². The molecule has 1 saturated heterocycles. The molecule has 6 nitrogen and oxygen atoms in total. The van der Waals surface area contributed by atoms with E-state index >= 15 is 0 Å². The highest BCUT2D eigenvalue weighted by atomic mass is 16.5. The van der Waals surface area contributed by atoms with Gasteiger partial charge in [0.15, 0.2) is 0 Å². The van der Waals surface area contributed by atoms with E-state index in [0.29, 0.717) is 18.0 Å². The Balaban J connectivity index is 1.63. The van der Waals surface area contributed by atoms with Gasteiger partial charge in [0, 0.05) is 18.7 Å². The zero-order chi connectivity index (χ0) is 17.8. The Morgan fingerprint density at radius 2 is 1.76 bits per heavy atom. The average Bonchev–Trinajstić information content (AvgIpc) is 3.02. The molecule has 0 bridgehead atoms. The van der Waals surface area contributed by atoms with Crippen molar-refractivity contribution in [3.8, 4) is 5.75 Å². The Hall–Kier alpha value is -3.15. The highest BCUT2D eigenvalue weighted by Gasteiger charge is 2.36. The Labute approximate surface area is 145 Å². The fourth-order valence-corrected chi connectivity index (χ4v) is 2.80. The molecule has 6 heteroatoms. The summed E-state index contributed by atoms with van der Waals surface area (Å²) < 4.78 is 5.71. The second-order valence-electron chi connectivity index (χ2n) is 5.90. The van der Waals surface area contributed by atoms with Gasteiger partial charge in [0.25, 0.3) is 5.91 Å². The lowest BCUT2D eigenvalue weighted by atomic mass is 10.0. The summed E-state index contributed by atoms with van der Waals surface area (Å²) in [5.74, 6) is -1.87. The van der Waals surface area contributed by atoms with E-state index in [-0.39, 0.29) is 18.9 Å². The van der Waals surface area contributed by atoms with Crippen molar-refractivity contribution in [2.45, 2.75) is 13.0 Å². The van der Waals surface area contributed by atoms with Crippen molar-refractivity contribution < 1.29 is 19.1 Å². The maximum absolute atomic E-state index is 12.1. The molecular formula is C19H18N2O4. The topological polar surface area (TPSA) is 89.7 Å². The molecule has 2 N–H and O–H groups in total. The number of carbonyl (C=O) groups excluding carboxylic acids is 3. The molecule has 1 heterocycles. The van der Waals surface area contributed by atoms with Gasteiger partial charge in [-0.25, -0.2) is 0 Å². The predicted molar refractivity (Wildman–Crippen MR) is 91.9 cm³/mol. The van der Waals surface area contributed by atoms with Crippen LogP contribution in [0.1, 0.15) is 12.0 Å². The fourth-order valence-electron chi connectivity index (χ4n) is 2.80. The van der Waals surface area contributed by atoms with Gasteiger partial charge in [-0.05, 0) is 29.8 Å². The van der Waals surface area contributed by atoms with Crippen LogP contribution in [-0.2, 0) is 21.0 Å². The molecule has 2 amide bonds. The van der Waals surface area contributed by atoms with E-state index < -0.39 is 17.6 Å². The van der Waals surface area contributed by atoms with Crippen LogP contribution in [0.15, 0.2) is 54.6 Å². The van der Waals surface area contributed by atoms with E-state index in [9.17, 15) is 14.4 Å². The molecule has 25 heavy (non-hydrogen) atoms. The maximum Gasteiger partial charge on any atom is 0.285 e. The van der Waals surface area contributed by atoms with Gasteiger partial charge >= 0.3 is 0 Å². The van der Waals surface area contributed by atoms with E-state index in [1.807, 2.05) is 30.3 Å². The Morgan fingerprint density at radius 3 is 2.40 bits per heavy atom. The lowest BCUT2D eigenvalue weighted by Gasteiger charge is -2.17. The number of primary amides is 1. The van der Waals surface area contributed by atoms with Crippen molar-refractivity contribution in [1.29, 1.82) is 0 Å². The number of anilines is 1. The zero-order valence-electron chi connectivity index (χ0n) is 13.6. The molecule has 0 radical (unpaired) electrons. The van der Waals surface area contributed by atoms with Gasteiger partial charge in [-0.3, -0.25) is 14.4 Å². The van der Waals surface area contributed by atoms with Crippen molar-refractivity contribution >= 4 is 23.3 Å². The summed E-state index contributed by atoms with van der Waals surface area (Å²) in [6.07, 6.45) is 0.00797. The summed E-state index contributed by atoms with van der Waals surface area (Å²) in [4.78, 5) is 36.3. The molecule has 0 aliphatic carbocycles. The summed E-state index contributed by atoms with van der Waals surface area (Å²) >= 11 is 0. The Morgan fingerprint density at radius 1 is 1.08 bits per heavy atom. The third-order valence-electron chi connectivity index (χ3n) is 4.14. The van der Waals surface area contributed by atoms with E-state index in [1.165, 1.54) is 4.90 Å². The maximum atomic E-state index is 12.1. The fraction of sp³-hybridized carbons (Fsp3) is 0.211. The van der Waals surface area contributed by atoms with Crippen molar-refractivity contribution in [3.63, 3.8) is 0 Å². The minimum atomic E-state index is -0.996. The summed E-state index contributed by atoms with van der Waals surface area (Å²) in [5, 5.41) is 0. The van der Waals surface area contributed by atoms with Crippen LogP contribution >= 0.6 is 0 Å². The highest BCUT2D eigenvalue weighted by Crippen LogP contribution is 2.27. The molecule has 0 saturated carbocycles. The summed E-state index contributed by atoms with van der Waals surface area (Å²) in [6.45, 7) is 0.628. The van der Waals surface area contributed by atoms with Crippen LogP contribution in [0.5, 0.6) is 5.75 Å². The lowest BCUT2D eigenvalue weighted by molar-refractivity contribution is -0.138. The SMILES string of the molecule is NC(=O)C(=O)[C@H]1CC(=O)N(c2ccc(OCc3ccccc3)cc2)C1. The number of ketones is 1. The Bertz CT molecular complexity index is 787. The second-order valence-corrected chi connectivity index (χ2v) is 5.90. The van der Waals surface area contributed by atoms with Crippen LogP contribution in [0.25, 0.3) is 0 Å². The van der Waals surface area contributed by atoms with Crippen molar-refractivity contribution in [2.75, 3.05) is 11.4 Å². The van der Waals surface area contributed by atoms with Gasteiger partial charge in [0.05, 0.1) is 5.92 Å². The van der Waals surface area contributed by atoms with Crippen LogP contribution in [0, 0.1) is 5.92 Å². The van der Waals surface area contributed by atoms with Gasteiger partial charge < -0.3 is 15.4 Å². The third kappa shape index (κ3) is 3.85. The third-order valence-corrected chi connectivity index (χ3v) is 4.14. The molecule has 3 rings (SSSR count). The number of hydrogen-bond donors (Lipinski definition) is 1. The van der Waals surface area contributed by atoms with E-state index in [1.54, 1.807) is 24.3 Å². The van der Waals surface area contributed by atoms with Gasteiger partial charge in [-0.15, -0.1) is 0 Å². The first-order chi connectivity index (χ1) is 12.0. The number of nitrogens with two attached hydrogens (primary N) is 1. The molecule has 2 aromatic rings. The first-order valence-corrected chi connectivity index (χ1v) is 7.95. The number of Topliss-reactive ketones (excluding diaryl/α,β-unsaturated/α-hetero) is 1. The number of hydrogen-bond acceptors (Lipinski definition) is 4. The van der Waals surface area contributed by atoms with E-state index in [4.69, 9.17) is 10.5 Å². The summed E-state index contributed by atoms with van der Waals surface area (Å²) in [6, 6.07) is 16.9. The molecule has 2 aromatic carbocycles. The minimum Gasteiger partial charge on any atom is -0.489 e. The number of amides is 2. The quantitative estimate of drug-likeness (QED) is 0.811. The first-order valence-electron chi connectivity index (χ1n) is 7.95.